The molecule has 0 aliphatic carbocycles. The van der Waals surface area contributed by atoms with E-state index in [-0.39, 0.29) is 16.1 Å². The highest BCUT2D eigenvalue weighted by Crippen LogP contribution is 2.36. The van der Waals surface area contributed by atoms with Crippen molar-refractivity contribution < 1.29 is 14.8 Å². The zero-order valence-corrected chi connectivity index (χ0v) is 22.4. The molecule has 1 amide bonds. The number of aromatic nitrogens is 2. The van der Waals surface area contributed by atoms with Crippen LogP contribution in [0.25, 0.3) is 22.0 Å². The molecule has 0 bridgehead atoms. The average Bonchev–Trinajstić information content (AvgIpc) is 2.89. The lowest BCUT2D eigenvalue weighted by Crippen LogP contribution is -2.91. The van der Waals surface area contributed by atoms with Crippen molar-refractivity contribution in [3.8, 4) is 16.9 Å². The van der Waals surface area contributed by atoms with Crippen LogP contribution in [0, 0.1) is 13.8 Å². The second-order valence-corrected chi connectivity index (χ2v) is 10.4. The minimum atomic E-state index is -0.391. The van der Waals surface area contributed by atoms with Crippen LogP contribution >= 0.6 is 11.6 Å². The monoisotopic (exact) mass is 531 g/mol. The highest BCUT2D eigenvalue weighted by molar-refractivity contribution is 6.35. The molecule has 38 heavy (non-hydrogen) atoms. The predicted molar refractivity (Wildman–Crippen MR) is 151 cm³/mol. The lowest BCUT2D eigenvalue weighted by Gasteiger charge is -2.21. The summed E-state index contributed by atoms with van der Waals surface area (Å²) < 4.78 is 6.43. The van der Waals surface area contributed by atoms with E-state index in [4.69, 9.17) is 16.3 Å². The van der Waals surface area contributed by atoms with Crippen LogP contribution in [0.4, 0.5) is 5.82 Å². The lowest BCUT2D eigenvalue weighted by molar-refractivity contribution is -0.698. The van der Waals surface area contributed by atoms with Crippen molar-refractivity contribution in [1.82, 2.24) is 9.97 Å². The molecule has 2 aromatic heterocycles. The van der Waals surface area contributed by atoms with Crippen molar-refractivity contribution in [2.75, 3.05) is 18.5 Å². The van der Waals surface area contributed by atoms with Gasteiger partial charge in [-0.15, -0.1) is 0 Å². The Morgan fingerprint density at radius 3 is 2.68 bits per heavy atom. The molecule has 0 spiro atoms. The topological polar surface area (TPSA) is 101 Å². The first-order valence-corrected chi connectivity index (χ1v) is 13.4. The number of carbonyl (C=O) groups is 1. The number of hydrogen-bond donors (Lipinski definition) is 3. The van der Waals surface area contributed by atoms with Crippen molar-refractivity contribution in [3.63, 3.8) is 0 Å². The zero-order valence-electron chi connectivity index (χ0n) is 21.6. The van der Waals surface area contributed by atoms with Crippen molar-refractivity contribution in [1.29, 1.82) is 0 Å². The maximum Gasteiger partial charge on any atom is 0.260 e. The standard InChI is InChI=1S/C30H31ClN4O3/c1-18-13-19(2)15-20(14-18)27-28(38-12-9-21-7-3-5-10-32-21)23-16-22(24(31)17-25(23)34-30(27)37)29(36)35-26-8-4-6-11-33-26/h4,6,8,11,13-17,21,32H,3,5,7,9-10,12H2,1-2H3,(H,34,37)(H,33,35,36)/p+1. The van der Waals surface area contributed by atoms with Crippen molar-refractivity contribution in [3.05, 3.63) is 86.8 Å². The number of anilines is 1. The molecule has 7 nitrogen and oxygen atoms in total. The van der Waals surface area contributed by atoms with E-state index in [9.17, 15) is 9.59 Å². The molecular weight excluding hydrogens is 500 g/mol. The molecule has 2 aromatic carbocycles. The number of H-pyrrole nitrogens is 1. The van der Waals surface area contributed by atoms with Gasteiger partial charge in [0.15, 0.2) is 0 Å². The van der Waals surface area contributed by atoms with E-state index in [1.165, 1.54) is 12.8 Å². The summed E-state index contributed by atoms with van der Waals surface area (Å²) in [7, 11) is 0. The Hall–Kier alpha value is -3.68. The quantitative estimate of drug-likeness (QED) is 0.312. The summed E-state index contributed by atoms with van der Waals surface area (Å²) in [6.07, 6.45) is 6.12. The number of nitrogens with two attached hydrogens (primary N) is 1. The maximum absolute atomic E-state index is 13.4. The fraction of sp³-hybridized carbons (Fsp3) is 0.300. The summed E-state index contributed by atoms with van der Waals surface area (Å²) >= 11 is 6.53. The van der Waals surface area contributed by atoms with Crippen LogP contribution in [0.2, 0.25) is 5.02 Å². The van der Waals surface area contributed by atoms with E-state index in [0.717, 1.165) is 36.1 Å². The normalized spacial score (nSPS) is 15.4. The molecular formula is C30H32ClN4O3+. The minimum Gasteiger partial charge on any atom is -0.492 e. The molecule has 8 heteroatoms. The number of nitrogens with zero attached hydrogens (tertiary/aromatic N) is 1. The highest BCUT2D eigenvalue weighted by Gasteiger charge is 2.22. The number of nitrogens with one attached hydrogen (secondary N) is 2. The smallest absolute Gasteiger partial charge is 0.260 e. The average molecular weight is 532 g/mol. The molecule has 1 unspecified atom stereocenters. The van der Waals surface area contributed by atoms with Crippen LogP contribution in [0.3, 0.4) is 0 Å². The van der Waals surface area contributed by atoms with Gasteiger partial charge in [0.25, 0.3) is 11.5 Å². The highest BCUT2D eigenvalue weighted by atomic mass is 35.5. The molecule has 1 fully saturated rings. The van der Waals surface area contributed by atoms with Gasteiger partial charge in [0.2, 0.25) is 0 Å². The molecule has 1 atom stereocenters. The van der Waals surface area contributed by atoms with Gasteiger partial charge >= 0.3 is 0 Å². The van der Waals surface area contributed by atoms with E-state index in [0.29, 0.717) is 40.7 Å². The van der Waals surface area contributed by atoms with Crippen molar-refractivity contribution >= 4 is 34.2 Å². The van der Waals surface area contributed by atoms with Crippen LogP contribution in [-0.4, -0.2) is 35.1 Å². The van der Waals surface area contributed by atoms with Crippen LogP contribution in [0.1, 0.15) is 47.2 Å². The zero-order chi connectivity index (χ0) is 26.6. The molecule has 5 rings (SSSR count). The van der Waals surface area contributed by atoms with Gasteiger partial charge in [0.05, 0.1) is 40.9 Å². The second kappa shape index (κ2) is 11.4. The number of ether oxygens (including phenoxy) is 1. The summed E-state index contributed by atoms with van der Waals surface area (Å²) in [6, 6.07) is 15.1. The number of aryl methyl sites for hydroxylation is 2. The number of aromatic amines is 1. The number of benzene rings is 2. The first-order valence-electron chi connectivity index (χ1n) is 13.1. The Morgan fingerprint density at radius 1 is 1.16 bits per heavy atom. The number of halogens is 1. The third-order valence-corrected chi connectivity index (χ3v) is 7.29. The Morgan fingerprint density at radius 2 is 1.97 bits per heavy atom. The Balaban J connectivity index is 1.60. The van der Waals surface area contributed by atoms with E-state index in [1.54, 1.807) is 36.5 Å². The Labute approximate surface area is 226 Å². The van der Waals surface area contributed by atoms with Crippen LogP contribution in [-0.2, 0) is 0 Å². The molecule has 0 radical (unpaired) electrons. The summed E-state index contributed by atoms with van der Waals surface area (Å²) in [5.74, 6) is 0.497. The fourth-order valence-corrected chi connectivity index (χ4v) is 5.46. The largest absolute Gasteiger partial charge is 0.492 e. The third kappa shape index (κ3) is 5.74. The number of rotatable bonds is 7. The fourth-order valence-electron chi connectivity index (χ4n) is 5.21. The van der Waals surface area contributed by atoms with E-state index >= 15 is 0 Å². The van der Waals surface area contributed by atoms with Gasteiger partial charge < -0.3 is 20.4 Å². The van der Waals surface area contributed by atoms with Gasteiger partial charge in [0, 0.05) is 18.0 Å². The van der Waals surface area contributed by atoms with Gasteiger partial charge in [-0.25, -0.2) is 4.98 Å². The van der Waals surface area contributed by atoms with Gasteiger partial charge in [-0.05, 0) is 62.9 Å². The first kappa shape index (κ1) is 25.9. The number of pyridine rings is 2. The second-order valence-electron chi connectivity index (χ2n) is 10.00. The van der Waals surface area contributed by atoms with Crippen LogP contribution in [0.5, 0.6) is 5.75 Å². The number of carbonyl (C=O) groups excluding carboxylic acids is 1. The van der Waals surface area contributed by atoms with Gasteiger partial charge in [0.1, 0.15) is 11.6 Å². The van der Waals surface area contributed by atoms with Gasteiger partial charge in [-0.3, -0.25) is 9.59 Å². The molecule has 1 aliphatic rings. The minimum absolute atomic E-state index is 0.225. The molecule has 196 valence electrons. The van der Waals surface area contributed by atoms with E-state index in [1.807, 2.05) is 26.0 Å². The van der Waals surface area contributed by atoms with Crippen LogP contribution < -0.4 is 20.9 Å². The Kier molecular flexibility index (Phi) is 7.77. The van der Waals surface area contributed by atoms with E-state index < -0.39 is 5.91 Å². The molecule has 0 saturated carbocycles. The summed E-state index contributed by atoms with van der Waals surface area (Å²) in [6.45, 7) is 5.62. The number of hydrogen-bond acceptors (Lipinski definition) is 4. The molecule has 1 saturated heterocycles. The lowest BCUT2D eigenvalue weighted by atomic mass is 9.98. The summed E-state index contributed by atoms with van der Waals surface area (Å²) in [5, 5.41) is 6.03. The summed E-state index contributed by atoms with van der Waals surface area (Å²) in [5.41, 5.74) is 3.86. The van der Waals surface area contributed by atoms with Gasteiger partial charge in [-0.2, -0.15) is 0 Å². The Bertz CT molecular complexity index is 1510. The number of fused-ring (bicyclic) bond motifs is 1. The molecule has 3 heterocycles. The predicted octanol–water partition coefficient (Wildman–Crippen LogP) is 5.00. The third-order valence-electron chi connectivity index (χ3n) is 6.98. The number of amides is 1. The molecule has 1 aliphatic heterocycles. The van der Waals surface area contributed by atoms with Crippen molar-refractivity contribution in [2.45, 2.75) is 45.6 Å². The van der Waals surface area contributed by atoms with Gasteiger partial charge in [-0.1, -0.05) is 47.0 Å². The van der Waals surface area contributed by atoms with Crippen molar-refractivity contribution in [2.24, 2.45) is 0 Å². The first-order chi connectivity index (χ1) is 18.4. The molecule has 4 N–H and O–H groups in total. The SMILES string of the molecule is Cc1cc(C)cc(-c2c(OCCC3CCCC[NH2+]3)c3cc(C(=O)Nc4ccccn4)c(Cl)cc3[nH]c2=O)c1. The van der Waals surface area contributed by atoms with E-state index in [2.05, 4.69) is 26.7 Å². The maximum atomic E-state index is 13.4. The number of piperidine rings is 1. The molecule has 4 aromatic rings. The van der Waals surface area contributed by atoms with Crippen LogP contribution in [0.15, 0.2) is 59.5 Å². The number of quaternary nitrogens is 1. The summed E-state index contributed by atoms with van der Waals surface area (Å²) in [4.78, 5) is 33.7.